The SMILES string of the molecule is CN(C)CC1CCN(CC2CCC(C(=O)NN)O2)CC1. The van der Waals surface area contributed by atoms with Gasteiger partial charge in [0.15, 0.2) is 0 Å². The Morgan fingerprint density at radius 3 is 2.60 bits per heavy atom. The van der Waals surface area contributed by atoms with E-state index >= 15 is 0 Å². The molecule has 2 unspecified atom stereocenters. The van der Waals surface area contributed by atoms with Crippen LogP contribution in [0.25, 0.3) is 0 Å². The lowest BCUT2D eigenvalue weighted by Gasteiger charge is -2.34. The molecule has 0 saturated carbocycles. The van der Waals surface area contributed by atoms with Gasteiger partial charge in [-0.25, -0.2) is 5.84 Å². The molecule has 6 nitrogen and oxygen atoms in total. The molecule has 0 aromatic heterocycles. The third-order valence-corrected chi connectivity index (χ3v) is 4.33. The first-order valence-corrected chi connectivity index (χ1v) is 7.61. The van der Waals surface area contributed by atoms with Crippen molar-refractivity contribution in [3.63, 3.8) is 0 Å². The van der Waals surface area contributed by atoms with E-state index in [4.69, 9.17) is 10.6 Å². The third kappa shape index (κ3) is 4.41. The summed E-state index contributed by atoms with van der Waals surface area (Å²) in [7, 11) is 4.28. The Morgan fingerprint density at radius 2 is 2.00 bits per heavy atom. The van der Waals surface area contributed by atoms with E-state index in [9.17, 15) is 4.79 Å². The van der Waals surface area contributed by atoms with Crippen LogP contribution in [-0.4, -0.2) is 68.2 Å². The average Bonchev–Trinajstić information content (AvgIpc) is 2.88. The fourth-order valence-electron chi connectivity index (χ4n) is 3.28. The second-order valence-corrected chi connectivity index (χ2v) is 6.34. The van der Waals surface area contributed by atoms with Gasteiger partial charge in [0.1, 0.15) is 6.10 Å². The number of nitrogens with zero attached hydrogens (tertiary/aromatic N) is 2. The molecule has 0 bridgehead atoms. The first kappa shape index (κ1) is 15.7. The van der Waals surface area contributed by atoms with Crippen LogP contribution in [0.3, 0.4) is 0 Å². The second kappa shape index (κ2) is 7.36. The molecular weight excluding hydrogens is 256 g/mol. The topological polar surface area (TPSA) is 70.8 Å². The number of hydrazine groups is 1. The molecule has 2 fully saturated rings. The highest BCUT2D eigenvalue weighted by Crippen LogP contribution is 2.23. The Kier molecular flexibility index (Phi) is 5.77. The first-order valence-electron chi connectivity index (χ1n) is 7.61. The molecule has 2 aliphatic heterocycles. The number of nitrogens with one attached hydrogen (secondary N) is 1. The van der Waals surface area contributed by atoms with E-state index in [0.717, 1.165) is 38.4 Å². The number of hydrogen-bond acceptors (Lipinski definition) is 5. The van der Waals surface area contributed by atoms with Crippen LogP contribution in [0.15, 0.2) is 0 Å². The molecule has 2 saturated heterocycles. The minimum atomic E-state index is -0.351. The van der Waals surface area contributed by atoms with Gasteiger partial charge in [-0.2, -0.15) is 0 Å². The highest BCUT2D eigenvalue weighted by Gasteiger charge is 2.32. The van der Waals surface area contributed by atoms with Gasteiger partial charge in [-0.15, -0.1) is 0 Å². The van der Waals surface area contributed by atoms with Crippen molar-refractivity contribution in [2.75, 3.05) is 40.3 Å². The number of rotatable bonds is 5. The van der Waals surface area contributed by atoms with Crippen molar-refractivity contribution in [1.29, 1.82) is 0 Å². The molecule has 6 heteroatoms. The third-order valence-electron chi connectivity index (χ3n) is 4.33. The molecule has 20 heavy (non-hydrogen) atoms. The number of hydrogen-bond donors (Lipinski definition) is 2. The predicted octanol–water partition coefficient (Wildman–Crippen LogP) is -0.202. The molecule has 116 valence electrons. The highest BCUT2D eigenvalue weighted by molar-refractivity contribution is 5.80. The Hall–Kier alpha value is -0.690. The molecule has 1 amide bonds. The maximum Gasteiger partial charge on any atom is 0.263 e. The Bertz CT molecular complexity index is 316. The largest absolute Gasteiger partial charge is 0.364 e. The fourth-order valence-corrected chi connectivity index (χ4v) is 3.28. The Morgan fingerprint density at radius 1 is 1.30 bits per heavy atom. The van der Waals surface area contributed by atoms with Crippen LogP contribution < -0.4 is 11.3 Å². The van der Waals surface area contributed by atoms with E-state index in [1.54, 1.807) is 0 Å². The second-order valence-electron chi connectivity index (χ2n) is 6.34. The molecule has 0 spiro atoms. The van der Waals surface area contributed by atoms with E-state index in [-0.39, 0.29) is 18.1 Å². The lowest BCUT2D eigenvalue weighted by molar-refractivity contribution is -0.132. The number of carbonyl (C=O) groups is 1. The van der Waals surface area contributed by atoms with Crippen LogP contribution in [0.4, 0.5) is 0 Å². The van der Waals surface area contributed by atoms with E-state index in [1.165, 1.54) is 19.4 Å². The average molecular weight is 284 g/mol. The molecule has 0 aliphatic carbocycles. The summed E-state index contributed by atoms with van der Waals surface area (Å²) in [6, 6.07) is 0. The molecule has 0 aromatic rings. The summed E-state index contributed by atoms with van der Waals surface area (Å²) in [6.07, 6.45) is 4.09. The summed E-state index contributed by atoms with van der Waals surface area (Å²) in [5.41, 5.74) is 2.17. The summed E-state index contributed by atoms with van der Waals surface area (Å²) in [4.78, 5) is 16.2. The van der Waals surface area contributed by atoms with Gasteiger partial charge in [-0.05, 0) is 58.8 Å². The van der Waals surface area contributed by atoms with Gasteiger partial charge in [0.25, 0.3) is 5.91 Å². The number of piperidine rings is 1. The Balaban J connectivity index is 1.67. The predicted molar refractivity (Wildman–Crippen MR) is 77.9 cm³/mol. The van der Waals surface area contributed by atoms with E-state index in [0.29, 0.717) is 0 Å². The zero-order chi connectivity index (χ0) is 14.5. The monoisotopic (exact) mass is 284 g/mol. The quantitative estimate of drug-likeness (QED) is 0.415. The molecule has 2 heterocycles. The summed E-state index contributed by atoms with van der Waals surface area (Å²) in [5.74, 6) is 5.77. The molecule has 2 aliphatic rings. The van der Waals surface area contributed by atoms with Crippen molar-refractivity contribution in [1.82, 2.24) is 15.2 Å². The maximum absolute atomic E-state index is 11.4. The number of nitrogens with two attached hydrogens (primary N) is 1. The van der Waals surface area contributed by atoms with Gasteiger partial charge in [0, 0.05) is 13.1 Å². The number of ether oxygens (including phenoxy) is 1. The summed E-state index contributed by atoms with van der Waals surface area (Å²) in [6.45, 7) is 4.42. The van der Waals surface area contributed by atoms with E-state index in [1.807, 2.05) is 0 Å². The maximum atomic E-state index is 11.4. The van der Waals surface area contributed by atoms with Crippen molar-refractivity contribution in [2.24, 2.45) is 11.8 Å². The van der Waals surface area contributed by atoms with Crippen molar-refractivity contribution in [3.05, 3.63) is 0 Å². The summed E-state index contributed by atoms with van der Waals surface area (Å²) < 4.78 is 5.77. The van der Waals surface area contributed by atoms with Crippen molar-refractivity contribution >= 4 is 5.91 Å². The van der Waals surface area contributed by atoms with Crippen molar-refractivity contribution in [3.8, 4) is 0 Å². The van der Waals surface area contributed by atoms with Crippen LogP contribution in [0, 0.1) is 5.92 Å². The normalized spacial score (nSPS) is 29.0. The highest BCUT2D eigenvalue weighted by atomic mass is 16.5. The van der Waals surface area contributed by atoms with E-state index < -0.39 is 0 Å². The molecule has 2 atom stereocenters. The number of amides is 1. The van der Waals surface area contributed by atoms with Gasteiger partial charge in [-0.3, -0.25) is 10.2 Å². The molecule has 0 radical (unpaired) electrons. The van der Waals surface area contributed by atoms with Gasteiger partial charge in [0.05, 0.1) is 6.10 Å². The first-order chi connectivity index (χ1) is 9.58. The zero-order valence-corrected chi connectivity index (χ0v) is 12.7. The van der Waals surface area contributed by atoms with Crippen molar-refractivity contribution < 1.29 is 9.53 Å². The summed E-state index contributed by atoms with van der Waals surface area (Å²) in [5, 5.41) is 0. The van der Waals surface area contributed by atoms with Gasteiger partial charge in [-0.1, -0.05) is 0 Å². The van der Waals surface area contributed by atoms with Crippen molar-refractivity contribution in [2.45, 2.75) is 37.9 Å². The fraction of sp³-hybridized carbons (Fsp3) is 0.929. The minimum absolute atomic E-state index is 0.183. The standard InChI is InChI=1S/C14H28N4O2/c1-17(2)9-11-5-7-18(8-6-11)10-12-3-4-13(20-12)14(19)16-15/h11-13H,3-10,15H2,1-2H3,(H,16,19). The smallest absolute Gasteiger partial charge is 0.263 e. The van der Waals surface area contributed by atoms with Crippen LogP contribution in [-0.2, 0) is 9.53 Å². The lowest BCUT2D eigenvalue weighted by atomic mass is 9.96. The Labute approximate surface area is 121 Å². The summed E-state index contributed by atoms with van der Waals surface area (Å²) >= 11 is 0. The van der Waals surface area contributed by atoms with Gasteiger partial charge >= 0.3 is 0 Å². The lowest BCUT2D eigenvalue weighted by Crippen LogP contribution is -2.42. The number of likely N-dealkylation sites (tertiary alicyclic amines) is 1. The molecule has 2 rings (SSSR count). The minimum Gasteiger partial charge on any atom is -0.364 e. The number of carbonyl (C=O) groups excluding carboxylic acids is 1. The van der Waals surface area contributed by atoms with Crippen LogP contribution in [0.5, 0.6) is 0 Å². The zero-order valence-electron chi connectivity index (χ0n) is 12.7. The van der Waals surface area contributed by atoms with Crippen LogP contribution >= 0.6 is 0 Å². The van der Waals surface area contributed by atoms with Gasteiger partial charge < -0.3 is 14.5 Å². The molecule has 3 N–H and O–H groups in total. The van der Waals surface area contributed by atoms with Crippen LogP contribution in [0.1, 0.15) is 25.7 Å². The molecule has 0 aromatic carbocycles. The van der Waals surface area contributed by atoms with Crippen LogP contribution in [0.2, 0.25) is 0 Å². The van der Waals surface area contributed by atoms with E-state index in [2.05, 4.69) is 29.3 Å². The molecular formula is C14H28N4O2. The van der Waals surface area contributed by atoms with Gasteiger partial charge in [0.2, 0.25) is 0 Å².